The topological polar surface area (TPSA) is 80.3 Å². The summed E-state index contributed by atoms with van der Waals surface area (Å²) in [5, 5.41) is 5.45. The zero-order valence-electron chi connectivity index (χ0n) is 18.5. The minimum absolute atomic E-state index is 0.0169. The van der Waals surface area contributed by atoms with Crippen molar-refractivity contribution in [2.45, 2.75) is 25.8 Å². The number of amides is 1. The molecule has 0 bridgehead atoms. The molecule has 0 radical (unpaired) electrons. The summed E-state index contributed by atoms with van der Waals surface area (Å²) < 4.78 is 7.55. The standard InChI is InChI=1S/C24H26N6O2/c1-16-19(23(31)29(3)18-9-12-28(2)13-10-18)15-26-30(16)24-25-11-8-20(27-24)22-14-17-6-4-5-7-21(17)32-22/h4-8,11,14-15,18H,9-10,12-13H2,1-3H3. The Morgan fingerprint density at radius 3 is 2.75 bits per heavy atom. The molecule has 0 aliphatic carbocycles. The Morgan fingerprint density at radius 2 is 1.97 bits per heavy atom. The van der Waals surface area contributed by atoms with Crippen molar-refractivity contribution >= 4 is 16.9 Å². The Hall–Kier alpha value is -3.52. The second-order valence-electron chi connectivity index (χ2n) is 8.40. The fourth-order valence-corrected chi connectivity index (χ4v) is 4.26. The van der Waals surface area contributed by atoms with Gasteiger partial charge in [0, 0.05) is 24.7 Å². The number of carbonyl (C=O) groups excluding carboxylic acids is 1. The first kappa shape index (κ1) is 20.4. The van der Waals surface area contributed by atoms with Gasteiger partial charge in [0.1, 0.15) is 11.3 Å². The molecule has 1 amide bonds. The molecule has 0 N–H and O–H groups in total. The Morgan fingerprint density at radius 1 is 1.19 bits per heavy atom. The smallest absolute Gasteiger partial charge is 0.257 e. The predicted octanol–water partition coefficient (Wildman–Crippen LogP) is 3.55. The van der Waals surface area contributed by atoms with E-state index in [1.165, 1.54) is 0 Å². The van der Waals surface area contributed by atoms with E-state index in [4.69, 9.17) is 4.42 Å². The number of hydrogen-bond donors (Lipinski definition) is 0. The molecule has 8 nitrogen and oxygen atoms in total. The molecule has 32 heavy (non-hydrogen) atoms. The Bertz CT molecular complexity index is 1240. The molecule has 0 atom stereocenters. The van der Waals surface area contributed by atoms with Crippen molar-refractivity contribution < 1.29 is 9.21 Å². The largest absolute Gasteiger partial charge is 0.454 e. The summed E-state index contributed by atoms with van der Waals surface area (Å²) in [4.78, 5) is 26.4. The molecule has 1 aromatic carbocycles. The molecule has 4 aromatic rings. The Labute approximate surface area is 186 Å². The van der Waals surface area contributed by atoms with Gasteiger partial charge in [-0.3, -0.25) is 4.79 Å². The third-order valence-corrected chi connectivity index (χ3v) is 6.31. The Kier molecular flexibility index (Phi) is 5.22. The minimum atomic E-state index is -0.0169. The summed E-state index contributed by atoms with van der Waals surface area (Å²) in [6, 6.07) is 11.9. The van der Waals surface area contributed by atoms with Crippen LogP contribution >= 0.6 is 0 Å². The summed E-state index contributed by atoms with van der Waals surface area (Å²) >= 11 is 0. The summed E-state index contributed by atoms with van der Waals surface area (Å²) in [6.07, 6.45) is 5.25. The molecule has 0 spiro atoms. The van der Waals surface area contributed by atoms with Gasteiger partial charge < -0.3 is 14.2 Å². The van der Waals surface area contributed by atoms with E-state index >= 15 is 0 Å². The summed E-state index contributed by atoms with van der Waals surface area (Å²) in [5.41, 5.74) is 2.76. The second kappa shape index (κ2) is 8.20. The van der Waals surface area contributed by atoms with E-state index in [9.17, 15) is 4.79 Å². The summed E-state index contributed by atoms with van der Waals surface area (Å²) in [7, 11) is 4.00. The van der Waals surface area contributed by atoms with Gasteiger partial charge in [-0.2, -0.15) is 5.10 Å². The van der Waals surface area contributed by atoms with Crippen LogP contribution in [0.15, 0.2) is 53.2 Å². The molecular formula is C24H26N6O2. The number of hydrogen-bond acceptors (Lipinski definition) is 6. The number of carbonyl (C=O) groups is 1. The van der Waals surface area contributed by atoms with Gasteiger partial charge in [0.2, 0.25) is 0 Å². The highest BCUT2D eigenvalue weighted by atomic mass is 16.3. The lowest BCUT2D eigenvalue weighted by atomic mass is 10.0. The van der Waals surface area contributed by atoms with Crippen molar-refractivity contribution in [3.05, 3.63) is 60.0 Å². The molecule has 1 fully saturated rings. The van der Waals surface area contributed by atoms with E-state index < -0.39 is 0 Å². The van der Waals surface area contributed by atoms with E-state index in [0.29, 0.717) is 23.0 Å². The number of nitrogens with zero attached hydrogens (tertiary/aromatic N) is 6. The van der Waals surface area contributed by atoms with Crippen LogP contribution < -0.4 is 0 Å². The van der Waals surface area contributed by atoms with Gasteiger partial charge in [-0.15, -0.1) is 0 Å². The van der Waals surface area contributed by atoms with Crippen molar-refractivity contribution in [1.82, 2.24) is 29.5 Å². The fraction of sp³-hybridized carbons (Fsp3) is 0.333. The van der Waals surface area contributed by atoms with Gasteiger partial charge in [0.25, 0.3) is 11.9 Å². The van der Waals surface area contributed by atoms with Gasteiger partial charge >= 0.3 is 0 Å². The number of furan rings is 1. The summed E-state index contributed by atoms with van der Waals surface area (Å²) in [5.74, 6) is 1.05. The van der Waals surface area contributed by atoms with E-state index in [1.807, 2.05) is 49.2 Å². The monoisotopic (exact) mass is 430 g/mol. The average molecular weight is 431 g/mol. The molecule has 164 valence electrons. The lowest BCUT2D eigenvalue weighted by molar-refractivity contribution is 0.0659. The number of fused-ring (bicyclic) bond motifs is 1. The molecule has 5 rings (SSSR count). The zero-order valence-corrected chi connectivity index (χ0v) is 18.5. The van der Waals surface area contributed by atoms with Gasteiger partial charge in [-0.05, 0) is 58.1 Å². The highest BCUT2D eigenvalue weighted by molar-refractivity contribution is 5.95. The number of piperidine rings is 1. The molecule has 4 heterocycles. The molecule has 1 aliphatic heterocycles. The van der Waals surface area contributed by atoms with Crippen LogP contribution in [0.4, 0.5) is 0 Å². The third kappa shape index (κ3) is 3.67. The predicted molar refractivity (Wildman–Crippen MR) is 122 cm³/mol. The first-order valence-electron chi connectivity index (χ1n) is 10.8. The maximum Gasteiger partial charge on any atom is 0.257 e. The highest BCUT2D eigenvalue weighted by Crippen LogP contribution is 2.27. The van der Waals surface area contributed by atoms with Crippen LogP contribution in [0.1, 0.15) is 28.9 Å². The van der Waals surface area contributed by atoms with Crippen molar-refractivity contribution in [3.63, 3.8) is 0 Å². The number of rotatable bonds is 4. The van der Waals surface area contributed by atoms with E-state index in [-0.39, 0.29) is 11.9 Å². The van der Waals surface area contributed by atoms with Gasteiger partial charge in [0.05, 0.1) is 17.5 Å². The second-order valence-corrected chi connectivity index (χ2v) is 8.40. The first-order valence-corrected chi connectivity index (χ1v) is 10.8. The van der Waals surface area contributed by atoms with Crippen LogP contribution in [-0.4, -0.2) is 68.7 Å². The number of benzene rings is 1. The van der Waals surface area contributed by atoms with Crippen molar-refractivity contribution in [3.8, 4) is 17.4 Å². The Balaban J connectivity index is 1.41. The lowest BCUT2D eigenvalue weighted by Crippen LogP contribution is -2.44. The SMILES string of the molecule is Cc1c(C(=O)N(C)C2CCN(C)CC2)cnn1-c1nccc(-c2cc3ccccc3o2)n1. The first-order chi connectivity index (χ1) is 15.5. The van der Waals surface area contributed by atoms with E-state index in [0.717, 1.165) is 42.6 Å². The molecule has 0 saturated carbocycles. The van der Waals surface area contributed by atoms with Crippen LogP contribution in [0.3, 0.4) is 0 Å². The third-order valence-electron chi connectivity index (χ3n) is 6.31. The van der Waals surface area contributed by atoms with Crippen LogP contribution in [0.5, 0.6) is 0 Å². The zero-order chi connectivity index (χ0) is 22.2. The minimum Gasteiger partial charge on any atom is -0.454 e. The molecule has 3 aromatic heterocycles. The van der Waals surface area contributed by atoms with Gasteiger partial charge in [0.15, 0.2) is 5.76 Å². The molecule has 8 heteroatoms. The maximum absolute atomic E-state index is 13.2. The van der Waals surface area contributed by atoms with Gasteiger partial charge in [-0.1, -0.05) is 18.2 Å². The van der Waals surface area contributed by atoms with E-state index in [1.54, 1.807) is 23.1 Å². The number of para-hydroxylation sites is 1. The van der Waals surface area contributed by atoms with Gasteiger partial charge in [-0.25, -0.2) is 14.6 Å². The van der Waals surface area contributed by atoms with Crippen molar-refractivity contribution in [2.75, 3.05) is 27.2 Å². The lowest BCUT2D eigenvalue weighted by Gasteiger charge is -2.35. The molecule has 0 unspecified atom stereocenters. The molecule has 1 saturated heterocycles. The molecule has 1 aliphatic rings. The average Bonchev–Trinajstić information content (AvgIpc) is 3.42. The van der Waals surface area contributed by atoms with Crippen LogP contribution in [0.2, 0.25) is 0 Å². The van der Waals surface area contributed by atoms with Crippen molar-refractivity contribution in [2.24, 2.45) is 0 Å². The van der Waals surface area contributed by atoms with Crippen LogP contribution in [0, 0.1) is 6.92 Å². The molecular weight excluding hydrogens is 404 g/mol. The van der Waals surface area contributed by atoms with Crippen LogP contribution in [0.25, 0.3) is 28.4 Å². The fourth-order valence-electron chi connectivity index (χ4n) is 4.26. The normalized spacial score (nSPS) is 15.3. The quantitative estimate of drug-likeness (QED) is 0.493. The van der Waals surface area contributed by atoms with E-state index in [2.05, 4.69) is 27.0 Å². The number of likely N-dealkylation sites (tertiary alicyclic amines) is 1. The van der Waals surface area contributed by atoms with Crippen molar-refractivity contribution in [1.29, 1.82) is 0 Å². The number of aromatic nitrogens is 4. The summed E-state index contributed by atoms with van der Waals surface area (Å²) in [6.45, 7) is 3.88. The van der Waals surface area contributed by atoms with Crippen LogP contribution in [-0.2, 0) is 0 Å². The highest BCUT2D eigenvalue weighted by Gasteiger charge is 2.27. The maximum atomic E-state index is 13.2.